The minimum Gasteiger partial charge on any atom is -0.368 e. The highest BCUT2D eigenvalue weighted by Gasteiger charge is 2.39. The number of hydrogen-bond acceptors (Lipinski definition) is 5. The first-order valence-electron chi connectivity index (χ1n) is 13.0. The molecule has 2 saturated heterocycles. The Morgan fingerprint density at radius 1 is 0.947 bits per heavy atom. The molecule has 2 aliphatic heterocycles. The maximum atomic E-state index is 13.7. The molecule has 1 aromatic heterocycles. The second kappa shape index (κ2) is 11.5. The number of likely N-dealkylation sites (tertiary alicyclic amines) is 1. The van der Waals surface area contributed by atoms with Gasteiger partial charge < -0.3 is 15.1 Å². The summed E-state index contributed by atoms with van der Waals surface area (Å²) in [4.78, 5) is 24.0. The number of carbonyl (C=O) groups is 1. The van der Waals surface area contributed by atoms with Crippen LogP contribution in [0.5, 0.6) is 0 Å². The Balaban J connectivity index is 1.23. The molecule has 2 aromatic carbocycles. The van der Waals surface area contributed by atoms with Crippen LogP contribution in [-0.4, -0.2) is 65.5 Å². The molecular formula is C29H32F3N5O. The van der Waals surface area contributed by atoms with Crippen molar-refractivity contribution in [3.8, 4) is 0 Å². The number of alkyl halides is 3. The first-order valence-corrected chi connectivity index (χ1v) is 13.0. The van der Waals surface area contributed by atoms with Gasteiger partial charge in [-0.1, -0.05) is 42.5 Å². The summed E-state index contributed by atoms with van der Waals surface area (Å²) in [5.74, 6) is 0.0929. The summed E-state index contributed by atoms with van der Waals surface area (Å²) in [6.45, 7) is 4.11. The third kappa shape index (κ3) is 6.34. The van der Waals surface area contributed by atoms with Crippen LogP contribution in [0.3, 0.4) is 0 Å². The van der Waals surface area contributed by atoms with Crippen molar-refractivity contribution in [2.24, 2.45) is 0 Å². The number of pyridine rings is 1. The van der Waals surface area contributed by atoms with Gasteiger partial charge in [-0.3, -0.25) is 14.7 Å². The number of hydrogen-bond donors (Lipinski definition) is 1. The van der Waals surface area contributed by atoms with E-state index in [0.29, 0.717) is 51.4 Å². The highest BCUT2D eigenvalue weighted by molar-refractivity contribution is 5.82. The molecule has 3 aromatic rings. The second-order valence-electron chi connectivity index (χ2n) is 9.97. The lowest BCUT2D eigenvalue weighted by atomic mass is 10.1. The molecule has 9 heteroatoms. The zero-order valence-corrected chi connectivity index (χ0v) is 21.1. The fourth-order valence-electron chi connectivity index (χ4n) is 5.34. The molecule has 6 nitrogen and oxygen atoms in total. The van der Waals surface area contributed by atoms with E-state index in [2.05, 4.69) is 27.3 Å². The fraction of sp³-hybridized carbons (Fsp3) is 0.379. The number of nitrogens with one attached hydrogen (secondary N) is 1. The van der Waals surface area contributed by atoms with Gasteiger partial charge in [-0.2, -0.15) is 13.2 Å². The quantitative estimate of drug-likeness (QED) is 0.504. The number of benzene rings is 2. The van der Waals surface area contributed by atoms with E-state index in [1.807, 2.05) is 46.3 Å². The summed E-state index contributed by atoms with van der Waals surface area (Å²) in [6, 6.07) is 19.4. The van der Waals surface area contributed by atoms with Gasteiger partial charge in [0.25, 0.3) is 0 Å². The molecule has 0 radical (unpaired) electrons. The monoisotopic (exact) mass is 523 g/mol. The average molecular weight is 524 g/mol. The van der Waals surface area contributed by atoms with Crippen molar-refractivity contribution >= 4 is 11.6 Å². The zero-order valence-electron chi connectivity index (χ0n) is 21.1. The number of piperazine rings is 1. The van der Waals surface area contributed by atoms with Crippen LogP contribution in [0.4, 0.5) is 18.9 Å². The third-order valence-electron chi connectivity index (χ3n) is 7.36. The van der Waals surface area contributed by atoms with Gasteiger partial charge >= 0.3 is 6.18 Å². The van der Waals surface area contributed by atoms with Gasteiger partial charge in [0.05, 0.1) is 11.6 Å². The summed E-state index contributed by atoms with van der Waals surface area (Å²) < 4.78 is 39.5. The maximum Gasteiger partial charge on any atom is 0.416 e. The van der Waals surface area contributed by atoms with Crippen molar-refractivity contribution in [2.75, 3.05) is 37.6 Å². The lowest BCUT2D eigenvalue weighted by molar-refractivity contribution is -0.137. The van der Waals surface area contributed by atoms with Gasteiger partial charge in [0, 0.05) is 69.9 Å². The van der Waals surface area contributed by atoms with Crippen molar-refractivity contribution in [1.29, 1.82) is 0 Å². The summed E-state index contributed by atoms with van der Waals surface area (Å²) in [5.41, 5.74) is 2.15. The van der Waals surface area contributed by atoms with Crippen molar-refractivity contribution in [3.05, 3.63) is 95.8 Å². The molecule has 1 N–H and O–H groups in total. The smallest absolute Gasteiger partial charge is 0.368 e. The largest absolute Gasteiger partial charge is 0.416 e. The molecule has 0 unspecified atom stereocenters. The maximum absolute atomic E-state index is 13.7. The molecule has 0 bridgehead atoms. The Bertz CT molecular complexity index is 1200. The highest BCUT2D eigenvalue weighted by atomic mass is 19.4. The van der Waals surface area contributed by atoms with E-state index in [1.165, 1.54) is 12.1 Å². The van der Waals surface area contributed by atoms with Crippen molar-refractivity contribution in [2.45, 2.75) is 37.8 Å². The van der Waals surface area contributed by atoms with Crippen LogP contribution in [-0.2, 0) is 24.1 Å². The van der Waals surface area contributed by atoms with Gasteiger partial charge in [-0.25, -0.2) is 0 Å². The Morgan fingerprint density at radius 3 is 2.42 bits per heavy atom. The van der Waals surface area contributed by atoms with Crippen LogP contribution in [0, 0.1) is 0 Å². The first-order chi connectivity index (χ1) is 18.4. The van der Waals surface area contributed by atoms with Gasteiger partial charge in [0.1, 0.15) is 0 Å². The average Bonchev–Trinajstić information content (AvgIpc) is 3.35. The summed E-state index contributed by atoms with van der Waals surface area (Å²) >= 11 is 0. The SMILES string of the molecule is O=C([C@@H]1C[C@@H](NCc2cccnc2)CN1Cc1ccccc1)N1CCN(c2cccc(C(F)(F)F)c2)CC1. The van der Waals surface area contributed by atoms with Gasteiger partial charge in [-0.05, 0) is 41.8 Å². The number of amides is 1. The molecule has 0 aliphatic carbocycles. The van der Waals surface area contributed by atoms with E-state index in [1.54, 1.807) is 12.3 Å². The van der Waals surface area contributed by atoms with E-state index < -0.39 is 11.7 Å². The number of halogens is 3. The Hall–Kier alpha value is -3.43. The van der Waals surface area contributed by atoms with E-state index in [0.717, 1.165) is 23.7 Å². The van der Waals surface area contributed by atoms with Gasteiger partial charge in [0.15, 0.2) is 0 Å². The molecule has 200 valence electrons. The van der Waals surface area contributed by atoms with Crippen LogP contribution in [0.1, 0.15) is 23.1 Å². The number of nitrogens with zero attached hydrogens (tertiary/aromatic N) is 4. The topological polar surface area (TPSA) is 51.7 Å². The summed E-state index contributed by atoms with van der Waals surface area (Å²) in [6.07, 6.45) is -0.0712. The van der Waals surface area contributed by atoms with Gasteiger partial charge in [0.2, 0.25) is 5.91 Å². The first kappa shape index (κ1) is 26.2. The number of anilines is 1. The molecular weight excluding hydrogens is 491 g/mol. The van der Waals surface area contributed by atoms with Crippen LogP contribution >= 0.6 is 0 Å². The molecule has 2 fully saturated rings. The molecule has 0 spiro atoms. The summed E-state index contributed by atoms with van der Waals surface area (Å²) in [5, 5.41) is 3.59. The van der Waals surface area contributed by atoms with E-state index in [-0.39, 0.29) is 18.0 Å². The highest BCUT2D eigenvalue weighted by Crippen LogP contribution is 2.32. The third-order valence-corrected chi connectivity index (χ3v) is 7.36. The number of aromatic nitrogens is 1. The molecule has 3 heterocycles. The minimum absolute atomic E-state index is 0.0929. The molecule has 38 heavy (non-hydrogen) atoms. The van der Waals surface area contributed by atoms with Crippen molar-refractivity contribution in [1.82, 2.24) is 20.1 Å². The Morgan fingerprint density at radius 2 is 1.71 bits per heavy atom. The lowest BCUT2D eigenvalue weighted by Gasteiger charge is -2.38. The van der Waals surface area contributed by atoms with Crippen LogP contribution in [0.15, 0.2) is 79.1 Å². The number of rotatable bonds is 7. The van der Waals surface area contributed by atoms with Crippen LogP contribution in [0.2, 0.25) is 0 Å². The van der Waals surface area contributed by atoms with E-state index in [9.17, 15) is 18.0 Å². The molecule has 2 atom stereocenters. The van der Waals surface area contributed by atoms with E-state index in [4.69, 9.17) is 0 Å². The fourth-order valence-corrected chi connectivity index (χ4v) is 5.34. The minimum atomic E-state index is -4.37. The second-order valence-corrected chi connectivity index (χ2v) is 9.97. The predicted octanol–water partition coefficient (Wildman–Crippen LogP) is 4.18. The molecule has 1 amide bonds. The molecule has 0 saturated carbocycles. The zero-order chi connectivity index (χ0) is 26.5. The van der Waals surface area contributed by atoms with Crippen LogP contribution < -0.4 is 10.2 Å². The normalized spacial score (nSPS) is 20.6. The standard InChI is InChI=1S/C29H32F3N5O/c30-29(31,32)24-9-4-10-26(16-24)35-12-14-36(15-13-35)28(38)27-17-25(34-19-23-8-5-11-33-18-23)21-37(27)20-22-6-2-1-3-7-22/h1-11,16,18,25,27,34H,12-15,17,19-21H2/t25-,27+/m1/s1. The Kier molecular flexibility index (Phi) is 7.95. The van der Waals surface area contributed by atoms with Crippen molar-refractivity contribution in [3.63, 3.8) is 0 Å². The Labute approximate surface area is 221 Å². The van der Waals surface area contributed by atoms with Crippen LogP contribution in [0.25, 0.3) is 0 Å². The van der Waals surface area contributed by atoms with E-state index >= 15 is 0 Å². The predicted molar refractivity (Wildman–Crippen MR) is 140 cm³/mol. The molecule has 5 rings (SSSR count). The molecule has 2 aliphatic rings. The lowest BCUT2D eigenvalue weighted by Crippen LogP contribution is -2.53. The number of carbonyl (C=O) groups excluding carboxylic acids is 1. The summed E-state index contributed by atoms with van der Waals surface area (Å²) in [7, 11) is 0. The van der Waals surface area contributed by atoms with Gasteiger partial charge in [-0.15, -0.1) is 0 Å². The van der Waals surface area contributed by atoms with Crippen molar-refractivity contribution < 1.29 is 18.0 Å².